The summed E-state index contributed by atoms with van der Waals surface area (Å²) in [5, 5.41) is 0.0839. The molecule has 0 aliphatic heterocycles. The lowest BCUT2D eigenvalue weighted by Gasteiger charge is -2.19. The van der Waals surface area contributed by atoms with Gasteiger partial charge in [0.25, 0.3) is 0 Å². The number of hydrogen-bond donors (Lipinski definition) is 0. The number of carbonyl (C=O) groups is 1. The molecule has 0 radical (unpaired) electrons. The number of aryl methyl sites for hydroxylation is 1. The minimum Gasteiger partial charge on any atom is -0.294 e. The molecular formula is C23H29ClO3S. The quantitative estimate of drug-likeness (QED) is 0.533. The first kappa shape index (κ1) is 22.6. The van der Waals surface area contributed by atoms with E-state index in [0.717, 1.165) is 5.56 Å². The molecule has 0 saturated carbocycles. The van der Waals surface area contributed by atoms with Gasteiger partial charge in [-0.2, -0.15) is 0 Å². The van der Waals surface area contributed by atoms with Crippen LogP contribution in [0.2, 0.25) is 5.02 Å². The second-order valence-corrected chi connectivity index (χ2v) is 11.5. The smallest absolute Gasteiger partial charge is 0.163 e. The van der Waals surface area contributed by atoms with E-state index in [2.05, 4.69) is 20.8 Å². The van der Waals surface area contributed by atoms with Crippen molar-refractivity contribution >= 4 is 27.2 Å². The predicted octanol–water partition coefficient (Wildman–Crippen LogP) is 5.78. The first-order chi connectivity index (χ1) is 12.9. The summed E-state index contributed by atoms with van der Waals surface area (Å²) in [5.41, 5.74) is 3.47. The van der Waals surface area contributed by atoms with Crippen molar-refractivity contribution in [1.82, 2.24) is 0 Å². The summed E-state index contributed by atoms with van der Waals surface area (Å²) in [6.45, 7) is 9.77. The van der Waals surface area contributed by atoms with E-state index in [1.54, 1.807) is 26.0 Å². The molecule has 0 aliphatic rings. The van der Waals surface area contributed by atoms with Crippen LogP contribution in [0.3, 0.4) is 0 Å². The Morgan fingerprint density at radius 1 is 1.04 bits per heavy atom. The van der Waals surface area contributed by atoms with Crippen molar-refractivity contribution in [3.8, 4) is 0 Å². The molecule has 2 aromatic rings. The van der Waals surface area contributed by atoms with Gasteiger partial charge in [0, 0.05) is 17.0 Å². The number of halogens is 1. The molecule has 152 valence electrons. The molecule has 0 heterocycles. The average Bonchev–Trinajstić information content (AvgIpc) is 2.59. The van der Waals surface area contributed by atoms with Gasteiger partial charge in [0.2, 0.25) is 0 Å². The third kappa shape index (κ3) is 5.92. The first-order valence-electron chi connectivity index (χ1n) is 9.53. The Balaban J connectivity index is 2.03. The van der Waals surface area contributed by atoms with E-state index in [-0.39, 0.29) is 17.0 Å². The van der Waals surface area contributed by atoms with Crippen LogP contribution in [0.1, 0.15) is 68.1 Å². The molecule has 0 fully saturated rings. The van der Waals surface area contributed by atoms with Crippen LogP contribution in [0.15, 0.2) is 42.5 Å². The van der Waals surface area contributed by atoms with E-state index in [4.69, 9.17) is 11.6 Å². The maximum atomic E-state index is 12.5. The maximum Gasteiger partial charge on any atom is 0.163 e. The van der Waals surface area contributed by atoms with E-state index in [1.165, 1.54) is 5.56 Å². The van der Waals surface area contributed by atoms with Gasteiger partial charge in [-0.15, -0.1) is 0 Å². The van der Waals surface area contributed by atoms with Gasteiger partial charge in [0.1, 0.15) is 0 Å². The number of Topliss-reactive ketones (excluding diaryl/α,β-unsaturated/α-hetero) is 1. The molecule has 0 unspecified atom stereocenters. The summed E-state index contributed by atoms with van der Waals surface area (Å²) in [6.07, 6.45) is 0.883. The van der Waals surface area contributed by atoms with Crippen LogP contribution >= 0.6 is 11.6 Å². The van der Waals surface area contributed by atoms with Gasteiger partial charge in [0.15, 0.2) is 15.6 Å². The molecule has 5 heteroatoms. The first-order valence-corrected chi connectivity index (χ1v) is 11.6. The van der Waals surface area contributed by atoms with Crippen LogP contribution in [-0.2, 0) is 27.4 Å². The fourth-order valence-electron chi connectivity index (χ4n) is 2.83. The van der Waals surface area contributed by atoms with Gasteiger partial charge in [-0.05, 0) is 48.4 Å². The summed E-state index contributed by atoms with van der Waals surface area (Å²) in [6, 6.07) is 13.1. The number of rotatable bonds is 7. The molecular weight excluding hydrogens is 392 g/mol. The van der Waals surface area contributed by atoms with Crippen LogP contribution in [0.4, 0.5) is 0 Å². The van der Waals surface area contributed by atoms with Crippen molar-refractivity contribution < 1.29 is 13.2 Å². The summed E-state index contributed by atoms with van der Waals surface area (Å²) in [4.78, 5) is 12.5. The maximum absolute atomic E-state index is 12.5. The zero-order valence-corrected chi connectivity index (χ0v) is 18.8. The van der Waals surface area contributed by atoms with E-state index < -0.39 is 15.1 Å². The zero-order chi connectivity index (χ0) is 21.1. The fraction of sp³-hybridized carbons (Fsp3) is 0.435. The van der Waals surface area contributed by atoms with Crippen molar-refractivity contribution in [1.29, 1.82) is 0 Å². The van der Waals surface area contributed by atoms with Gasteiger partial charge < -0.3 is 0 Å². The van der Waals surface area contributed by atoms with Gasteiger partial charge in [0.05, 0.1) is 11.0 Å². The Bertz CT molecular complexity index is 937. The van der Waals surface area contributed by atoms with Crippen LogP contribution in [0.25, 0.3) is 0 Å². The average molecular weight is 421 g/mol. The van der Waals surface area contributed by atoms with Crippen LogP contribution < -0.4 is 0 Å². The number of sulfone groups is 1. The summed E-state index contributed by atoms with van der Waals surface area (Å²) in [5.74, 6) is 0.0481. The SMILES string of the molecule is CC(C)S(=O)(=O)Cc1ccc(CCC(=O)c2ccc(C(C)(C)C)cc2)c(Cl)c1. The molecule has 0 N–H and O–H groups in total. The lowest BCUT2D eigenvalue weighted by atomic mass is 9.86. The minimum absolute atomic E-state index is 0.0241. The predicted molar refractivity (Wildman–Crippen MR) is 117 cm³/mol. The normalized spacial score (nSPS) is 12.4. The van der Waals surface area contributed by atoms with Gasteiger partial charge >= 0.3 is 0 Å². The Kier molecular flexibility index (Phi) is 7.11. The van der Waals surface area contributed by atoms with Crippen molar-refractivity contribution in [2.45, 2.75) is 63.9 Å². The molecule has 0 amide bonds. The van der Waals surface area contributed by atoms with Gasteiger partial charge in [-0.1, -0.05) is 68.8 Å². The third-order valence-electron chi connectivity index (χ3n) is 4.90. The Labute approximate surface area is 174 Å². The monoisotopic (exact) mass is 420 g/mol. The van der Waals surface area contributed by atoms with E-state index >= 15 is 0 Å². The van der Waals surface area contributed by atoms with Crippen molar-refractivity contribution in [2.24, 2.45) is 0 Å². The van der Waals surface area contributed by atoms with E-state index in [9.17, 15) is 13.2 Å². The van der Waals surface area contributed by atoms with Crippen LogP contribution in [-0.4, -0.2) is 19.5 Å². The van der Waals surface area contributed by atoms with Crippen molar-refractivity contribution in [2.75, 3.05) is 0 Å². The van der Waals surface area contributed by atoms with Crippen molar-refractivity contribution in [3.63, 3.8) is 0 Å². The third-order valence-corrected chi connectivity index (χ3v) is 7.42. The summed E-state index contributed by atoms with van der Waals surface area (Å²) >= 11 is 6.33. The molecule has 0 saturated heterocycles. The van der Waals surface area contributed by atoms with Crippen molar-refractivity contribution in [3.05, 3.63) is 69.7 Å². The molecule has 0 atom stereocenters. The molecule has 2 rings (SSSR count). The molecule has 0 spiro atoms. The molecule has 28 heavy (non-hydrogen) atoms. The number of benzene rings is 2. The molecule has 0 bridgehead atoms. The van der Waals surface area contributed by atoms with E-state index in [1.807, 2.05) is 30.3 Å². The number of carbonyl (C=O) groups excluding carboxylic acids is 1. The fourth-order valence-corrected chi connectivity index (χ4v) is 4.11. The molecule has 3 nitrogen and oxygen atoms in total. The van der Waals surface area contributed by atoms with Gasteiger partial charge in [-0.25, -0.2) is 8.42 Å². The second-order valence-electron chi connectivity index (χ2n) is 8.53. The lowest BCUT2D eigenvalue weighted by Crippen LogP contribution is -2.16. The van der Waals surface area contributed by atoms with E-state index in [0.29, 0.717) is 29.0 Å². The Hall–Kier alpha value is -1.65. The molecule has 0 aromatic heterocycles. The highest BCUT2D eigenvalue weighted by molar-refractivity contribution is 7.91. The topological polar surface area (TPSA) is 51.2 Å². The molecule has 0 aliphatic carbocycles. The second kappa shape index (κ2) is 8.79. The summed E-state index contributed by atoms with van der Waals surface area (Å²) in [7, 11) is -3.17. The summed E-state index contributed by atoms with van der Waals surface area (Å²) < 4.78 is 24.1. The lowest BCUT2D eigenvalue weighted by molar-refractivity contribution is 0.0983. The minimum atomic E-state index is -3.17. The highest BCUT2D eigenvalue weighted by Crippen LogP contribution is 2.24. The van der Waals surface area contributed by atoms with Crippen LogP contribution in [0.5, 0.6) is 0 Å². The standard InChI is InChI=1S/C23H29ClO3S/c1-16(2)28(26,27)15-17-6-7-18(21(24)14-17)10-13-22(25)19-8-11-20(12-9-19)23(3,4)5/h6-9,11-12,14,16H,10,13,15H2,1-5H3. The highest BCUT2D eigenvalue weighted by Gasteiger charge is 2.18. The largest absolute Gasteiger partial charge is 0.294 e. The highest BCUT2D eigenvalue weighted by atomic mass is 35.5. The number of ketones is 1. The Morgan fingerprint density at radius 3 is 2.14 bits per heavy atom. The number of hydrogen-bond acceptors (Lipinski definition) is 3. The Morgan fingerprint density at radius 2 is 1.64 bits per heavy atom. The van der Waals surface area contributed by atoms with Crippen LogP contribution in [0, 0.1) is 0 Å². The molecule has 2 aromatic carbocycles. The van der Waals surface area contributed by atoms with Gasteiger partial charge in [-0.3, -0.25) is 4.79 Å². The zero-order valence-electron chi connectivity index (χ0n) is 17.3.